The van der Waals surface area contributed by atoms with Gasteiger partial charge in [0.2, 0.25) is 0 Å². The van der Waals surface area contributed by atoms with Crippen LogP contribution in [0.1, 0.15) is 43.2 Å². The first-order chi connectivity index (χ1) is 19.7. The molecule has 0 atom stereocenters. The second-order valence-electron chi connectivity index (χ2n) is 10.3. The minimum absolute atomic E-state index is 0.0431. The zero-order valence-electron chi connectivity index (χ0n) is 23.6. The van der Waals surface area contributed by atoms with Crippen molar-refractivity contribution in [1.29, 1.82) is 0 Å². The van der Waals surface area contributed by atoms with Gasteiger partial charge < -0.3 is 19.1 Å². The summed E-state index contributed by atoms with van der Waals surface area (Å²) in [5, 5.41) is 3.01. The summed E-state index contributed by atoms with van der Waals surface area (Å²) in [4.78, 5) is 15.0. The van der Waals surface area contributed by atoms with E-state index >= 15 is 0 Å². The number of ether oxygens (including phenoxy) is 3. The zero-order chi connectivity index (χ0) is 27.8. The molecule has 1 heterocycles. The molecule has 1 fully saturated rings. The molecule has 0 radical (unpaired) electrons. The molecule has 3 aromatic carbocycles. The molecule has 0 unspecified atom stereocenters. The summed E-state index contributed by atoms with van der Waals surface area (Å²) < 4.78 is 17.3. The highest BCUT2D eigenvalue weighted by Crippen LogP contribution is 2.30. The van der Waals surface area contributed by atoms with E-state index in [2.05, 4.69) is 35.5 Å². The van der Waals surface area contributed by atoms with Crippen molar-refractivity contribution >= 4 is 17.9 Å². The van der Waals surface area contributed by atoms with Gasteiger partial charge in [-0.1, -0.05) is 84.9 Å². The van der Waals surface area contributed by atoms with E-state index in [1.807, 2.05) is 72.8 Å². The molecule has 3 aromatic rings. The van der Waals surface area contributed by atoms with Gasteiger partial charge in [-0.2, -0.15) is 0 Å². The van der Waals surface area contributed by atoms with Gasteiger partial charge in [-0.25, -0.2) is 4.79 Å². The second kappa shape index (κ2) is 16.6. The number of carbonyl (C=O) groups is 1. The van der Waals surface area contributed by atoms with Crippen LogP contribution in [0.4, 0.5) is 10.5 Å². The SMILES string of the molecule is CN1CCC(OC(=O)Nc2cc(C=CCOCCCCCOCc3ccccc3)ccc2-c2ccccc2)CC1. The van der Waals surface area contributed by atoms with E-state index in [0.29, 0.717) is 13.2 Å². The van der Waals surface area contributed by atoms with E-state index in [-0.39, 0.29) is 6.10 Å². The highest BCUT2D eigenvalue weighted by Gasteiger charge is 2.21. The molecule has 0 aromatic heterocycles. The molecule has 0 aliphatic carbocycles. The molecular weight excluding hydrogens is 500 g/mol. The first-order valence-corrected chi connectivity index (χ1v) is 14.4. The monoisotopic (exact) mass is 542 g/mol. The third-order valence-corrected chi connectivity index (χ3v) is 7.02. The first kappa shape index (κ1) is 29.5. The normalized spacial score (nSPS) is 14.4. The van der Waals surface area contributed by atoms with Crippen LogP contribution in [0.2, 0.25) is 0 Å². The number of piperidine rings is 1. The van der Waals surface area contributed by atoms with Crippen LogP contribution in [0.25, 0.3) is 17.2 Å². The Kier molecular flexibility index (Phi) is 12.3. The van der Waals surface area contributed by atoms with Crippen molar-refractivity contribution < 1.29 is 19.0 Å². The molecule has 0 saturated carbocycles. The van der Waals surface area contributed by atoms with Gasteiger partial charge in [-0.05, 0) is 61.9 Å². The van der Waals surface area contributed by atoms with E-state index in [1.54, 1.807) is 0 Å². The van der Waals surface area contributed by atoms with Gasteiger partial charge in [0.1, 0.15) is 6.10 Å². The van der Waals surface area contributed by atoms with Gasteiger partial charge in [-0.3, -0.25) is 5.32 Å². The molecule has 6 heteroatoms. The van der Waals surface area contributed by atoms with E-state index in [0.717, 1.165) is 80.8 Å². The van der Waals surface area contributed by atoms with Crippen molar-refractivity contribution in [3.05, 3.63) is 96.1 Å². The lowest BCUT2D eigenvalue weighted by Gasteiger charge is -2.28. The molecule has 0 spiro atoms. The van der Waals surface area contributed by atoms with Crippen LogP contribution in [-0.2, 0) is 20.8 Å². The second-order valence-corrected chi connectivity index (χ2v) is 10.3. The number of likely N-dealkylation sites (tertiary alicyclic amines) is 1. The fourth-order valence-corrected chi connectivity index (χ4v) is 4.72. The highest BCUT2D eigenvalue weighted by atomic mass is 16.6. The Morgan fingerprint density at radius 3 is 2.35 bits per heavy atom. The zero-order valence-corrected chi connectivity index (χ0v) is 23.6. The molecule has 1 aliphatic rings. The van der Waals surface area contributed by atoms with Crippen molar-refractivity contribution in [3.63, 3.8) is 0 Å². The first-order valence-electron chi connectivity index (χ1n) is 14.4. The molecule has 1 amide bonds. The average Bonchev–Trinajstić information content (AvgIpc) is 2.98. The third kappa shape index (κ3) is 10.3. The van der Waals surface area contributed by atoms with Crippen LogP contribution in [0.5, 0.6) is 0 Å². The minimum atomic E-state index is -0.401. The Hall–Kier alpha value is -3.45. The molecule has 1 saturated heterocycles. The molecule has 0 bridgehead atoms. The van der Waals surface area contributed by atoms with Crippen molar-refractivity contribution in [2.75, 3.05) is 45.3 Å². The van der Waals surface area contributed by atoms with Crippen LogP contribution in [0.3, 0.4) is 0 Å². The van der Waals surface area contributed by atoms with Crippen LogP contribution < -0.4 is 5.32 Å². The van der Waals surface area contributed by atoms with Crippen molar-refractivity contribution in [1.82, 2.24) is 4.90 Å². The number of nitrogens with one attached hydrogen (secondary N) is 1. The summed E-state index contributed by atoms with van der Waals surface area (Å²) in [7, 11) is 2.09. The van der Waals surface area contributed by atoms with Gasteiger partial charge in [0.25, 0.3) is 0 Å². The fourth-order valence-electron chi connectivity index (χ4n) is 4.72. The lowest BCUT2D eigenvalue weighted by molar-refractivity contribution is 0.0662. The van der Waals surface area contributed by atoms with Gasteiger partial charge in [0, 0.05) is 31.9 Å². The predicted molar refractivity (Wildman–Crippen MR) is 162 cm³/mol. The third-order valence-electron chi connectivity index (χ3n) is 7.02. The molecule has 1 N–H and O–H groups in total. The van der Waals surface area contributed by atoms with Gasteiger partial charge in [0.15, 0.2) is 0 Å². The van der Waals surface area contributed by atoms with Crippen molar-refractivity contribution in [2.45, 2.75) is 44.8 Å². The summed E-state index contributed by atoms with van der Waals surface area (Å²) in [5.74, 6) is 0. The Labute approximate surface area is 239 Å². The predicted octanol–water partition coefficient (Wildman–Crippen LogP) is 7.41. The summed E-state index contributed by atoms with van der Waals surface area (Å²) >= 11 is 0. The molecule has 1 aliphatic heterocycles. The smallest absolute Gasteiger partial charge is 0.411 e. The standard InChI is InChI=1S/C34H42N2O4/c1-36-21-19-31(20-22-36)40-34(37)35-33-26-28(17-18-32(33)30-15-7-3-8-16-30)14-11-25-38-23-9-4-10-24-39-27-29-12-5-2-6-13-29/h2-3,5-8,11-18,26,31H,4,9-10,19-25,27H2,1H3,(H,35,37). The largest absolute Gasteiger partial charge is 0.446 e. The lowest BCUT2D eigenvalue weighted by atomic mass is 10.0. The number of anilines is 1. The average molecular weight is 543 g/mol. The quantitative estimate of drug-likeness (QED) is 0.215. The highest BCUT2D eigenvalue weighted by molar-refractivity contribution is 5.92. The number of rotatable bonds is 14. The van der Waals surface area contributed by atoms with E-state index < -0.39 is 6.09 Å². The molecule has 4 rings (SSSR count). The van der Waals surface area contributed by atoms with E-state index in [9.17, 15) is 4.79 Å². The van der Waals surface area contributed by atoms with Crippen LogP contribution in [0.15, 0.2) is 84.9 Å². The Balaban J connectivity index is 1.20. The van der Waals surface area contributed by atoms with Crippen LogP contribution in [0, 0.1) is 0 Å². The number of unbranched alkanes of at least 4 members (excludes halogenated alkanes) is 2. The Morgan fingerprint density at radius 1 is 0.900 bits per heavy atom. The van der Waals surface area contributed by atoms with Gasteiger partial charge >= 0.3 is 6.09 Å². The van der Waals surface area contributed by atoms with E-state index in [4.69, 9.17) is 14.2 Å². The molecule has 40 heavy (non-hydrogen) atoms. The summed E-state index contributed by atoms with van der Waals surface area (Å²) in [6.07, 6.45) is 8.46. The van der Waals surface area contributed by atoms with Gasteiger partial charge in [-0.15, -0.1) is 0 Å². The van der Waals surface area contributed by atoms with Crippen LogP contribution in [-0.4, -0.2) is 57.1 Å². The minimum Gasteiger partial charge on any atom is -0.446 e. The molecular formula is C34H42N2O4. The topological polar surface area (TPSA) is 60.0 Å². The molecule has 6 nitrogen and oxygen atoms in total. The number of amides is 1. The summed E-state index contributed by atoms with van der Waals surface area (Å²) in [6.45, 7) is 4.61. The Bertz CT molecular complexity index is 1180. The summed E-state index contributed by atoms with van der Waals surface area (Å²) in [5.41, 5.74) is 4.95. The maximum Gasteiger partial charge on any atom is 0.411 e. The lowest BCUT2D eigenvalue weighted by Crippen LogP contribution is -2.36. The van der Waals surface area contributed by atoms with E-state index in [1.165, 1.54) is 5.56 Å². The maximum absolute atomic E-state index is 12.8. The van der Waals surface area contributed by atoms with Crippen molar-refractivity contribution in [3.8, 4) is 11.1 Å². The van der Waals surface area contributed by atoms with Crippen LogP contribution >= 0.6 is 0 Å². The van der Waals surface area contributed by atoms with Gasteiger partial charge in [0.05, 0.1) is 18.9 Å². The fraction of sp³-hybridized carbons (Fsp3) is 0.382. The molecule has 212 valence electrons. The maximum atomic E-state index is 12.8. The number of nitrogens with zero attached hydrogens (tertiary/aromatic N) is 1. The number of hydrogen-bond donors (Lipinski definition) is 1. The summed E-state index contributed by atoms with van der Waals surface area (Å²) in [6, 6.07) is 26.4. The number of benzene rings is 3. The number of carbonyl (C=O) groups excluding carboxylic acids is 1. The Morgan fingerprint density at radius 2 is 1.60 bits per heavy atom. The van der Waals surface area contributed by atoms with Crippen molar-refractivity contribution in [2.24, 2.45) is 0 Å². The number of hydrogen-bond acceptors (Lipinski definition) is 5.